The number of rotatable bonds is 9. The fourth-order valence-electron chi connectivity index (χ4n) is 4.03. The summed E-state index contributed by atoms with van der Waals surface area (Å²) in [6.07, 6.45) is 2.31. The summed E-state index contributed by atoms with van der Waals surface area (Å²) < 4.78 is 5.39. The molecule has 1 saturated heterocycles. The summed E-state index contributed by atoms with van der Waals surface area (Å²) in [5.41, 5.74) is 1.58. The lowest BCUT2D eigenvalue weighted by atomic mass is 10.0. The van der Waals surface area contributed by atoms with E-state index in [1.807, 2.05) is 32.0 Å². The maximum absolute atomic E-state index is 13.1. The molecular weight excluding hydrogens is 426 g/mol. The van der Waals surface area contributed by atoms with E-state index in [0.29, 0.717) is 17.1 Å². The molecule has 0 spiro atoms. The maximum atomic E-state index is 13.1. The molecule has 0 unspecified atom stereocenters. The standard InChI is InChI=1S/C25H32ClN3O3/c1-17(2)23(28-24(30)18-9-11-20(26)12-10-18)25(31)27-16-22(29-13-4-5-14-29)19-7-6-8-21(15-19)32-3/h6-12,15,17,22-23H,4-5,13-14,16H2,1-3H3,(H,27,31)(H,28,30)/t22-,23-/m0/s1. The third-order valence-electron chi connectivity index (χ3n) is 5.87. The van der Waals surface area contributed by atoms with Crippen LogP contribution >= 0.6 is 11.6 Å². The summed E-state index contributed by atoms with van der Waals surface area (Å²) in [4.78, 5) is 28.1. The molecule has 0 radical (unpaired) electrons. The van der Waals surface area contributed by atoms with Crippen LogP contribution in [0.15, 0.2) is 48.5 Å². The first-order valence-corrected chi connectivity index (χ1v) is 11.5. The summed E-state index contributed by atoms with van der Waals surface area (Å²) in [5.74, 6) is 0.260. The van der Waals surface area contributed by atoms with Crippen molar-refractivity contribution in [1.82, 2.24) is 15.5 Å². The molecule has 7 heteroatoms. The van der Waals surface area contributed by atoms with E-state index in [2.05, 4.69) is 21.6 Å². The lowest BCUT2D eigenvalue weighted by molar-refractivity contribution is -0.124. The molecule has 172 valence electrons. The lowest BCUT2D eigenvalue weighted by Crippen LogP contribution is -2.51. The summed E-state index contributed by atoms with van der Waals surface area (Å²) in [6.45, 7) is 6.31. The summed E-state index contributed by atoms with van der Waals surface area (Å²) in [6, 6.07) is 14.0. The van der Waals surface area contributed by atoms with Gasteiger partial charge in [0.25, 0.3) is 5.91 Å². The largest absolute Gasteiger partial charge is 0.497 e. The van der Waals surface area contributed by atoms with Crippen molar-refractivity contribution in [1.29, 1.82) is 0 Å². The van der Waals surface area contributed by atoms with Crippen molar-refractivity contribution < 1.29 is 14.3 Å². The van der Waals surface area contributed by atoms with Crippen LogP contribution in [-0.4, -0.2) is 49.5 Å². The van der Waals surface area contributed by atoms with Gasteiger partial charge >= 0.3 is 0 Å². The quantitative estimate of drug-likeness (QED) is 0.595. The monoisotopic (exact) mass is 457 g/mol. The molecule has 2 amide bonds. The Balaban J connectivity index is 1.69. The van der Waals surface area contributed by atoms with E-state index in [9.17, 15) is 9.59 Å². The molecule has 0 aliphatic carbocycles. The zero-order chi connectivity index (χ0) is 23.1. The minimum atomic E-state index is -0.636. The number of amides is 2. The minimum absolute atomic E-state index is 0.0522. The van der Waals surface area contributed by atoms with E-state index in [1.54, 1.807) is 31.4 Å². The number of likely N-dealkylation sites (tertiary alicyclic amines) is 1. The highest BCUT2D eigenvalue weighted by molar-refractivity contribution is 6.30. The van der Waals surface area contributed by atoms with Crippen molar-refractivity contribution >= 4 is 23.4 Å². The Bertz CT molecular complexity index is 911. The Labute approximate surface area is 195 Å². The molecule has 32 heavy (non-hydrogen) atoms. The number of methoxy groups -OCH3 is 1. The van der Waals surface area contributed by atoms with Gasteiger partial charge in [-0.25, -0.2) is 0 Å². The van der Waals surface area contributed by atoms with Crippen LogP contribution in [0.5, 0.6) is 5.75 Å². The third-order valence-corrected chi connectivity index (χ3v) is 6.12. The number of carbonyl (C=O) groups is 2. The van der Waals surface area contributed by atoms with Crippen LogP contribution in [0, 0.1) is 5.92 Å². The van der Waals surface area contributed by atoms with E-state index in [1.165, 1.54) is 0 Å². The van der Waals surface area contributed by atoms with Gasteiger partial charge in [-0.05, 0) is 73.8 Å². The molecule has 0 bridgehead atoms. The second kappa shape index (κ2) is 11.3. The van der Waals surface area contributed by atoms with Crippen molar-refractivity contribution in [3.8, 4) is 5.75 Å². The highest BCUT2D eigenvalue weighted by Crippen LogP contribution is 2.27. The molecule has 1 aliphatic rings. The van der Waals surface area contributed by atoms with Gasteiger partial charge in [0.1, 0.15) is 11.8 Å². The smallest absolute Gasteiger partial charge is 0.251 e. The number of carbonyl (C=O) groups excluding carboxylic acids is 2. The zero-order valence-corrected chi connectivity index (χ0v) is 19.7. The van der Waals surface area contributed by atoms with E-state index < -0.39 is 6.04 Å². The minimum Gasteiger partial charge on any atom is -0.497 e. The number of halogens is 1. The average molecular weight is 458 g/mol. The van der Waals surface area contributed by atoms with Crippen molar-refractivity contribution in [2.75, 3.05) is 26.7 Å². The maximum Gasteiger partial charge on any atom is 0.251 e. The molecule has 3 rings (SSSR count). The highest BCUT2D eigenvalue weighted by atomic mass is 35.5. The molecule has 2 aromatic rings. The van der Waals surface area contributed by atoms with Gasteiger partial charge in [-0.2, -0.15) is 0 Å². The van der Waals surface area contributed by atoms with Gasteiger partial charge in [0.2, 0.25) is 5.91 Å². The van der Waals surface area contributed by atoms with Gasteiger partial charge in [-0.3, -0.25) is 14.5 Å². The topological polar surface area (TPSA) is 70.7 Å². The number of nitrogens with zero attached hydrogens (tertiary/aromatic N) is 1. The first-order chi connectivity index (χ1) is 15.4. The number of ether oxygens (including phenoxy) is 1. The van der Waals surface area contributed by atoms with Gasteiger partial charge in [-0.1, -0.05) is 37.6 Å². The number of benzene rings is 2. The molecule has 0 saturated carbocycles. The molecule has 1 fully saturated rings. The van der Waals surface area contributed by atoms with Crippen molar-refractivity contribution in [3.63, 3.8) is 0 Å². The Kier molecular flexibility index (Phi) is 8.53. The molecule has 2 atom stereocenters. The van der Waals surface area contributed by atoms with Crippen LogP contribution < -0.4 is 15.4 Å². The number of hydrogen-bond donors (Lipinski definition) is 2. The predicted molar refractivity (Wildman–Crippen MR) is 127 cm³/mol. The summed E-state index contributed by atoms with van der Waals surface area (Å²) >= 11 is 5.91. The second-order valence-electron chi connectivity index (χ2n) is 8.48. The molecule has 1 aliphatic heterocycles. The first kappa shape index (κ1) is 24.1. The number of nitrogens with one attached hydrogen (secondary N) is 2. The molecule has 2 aromatic carbocycles. The third kappa shape index (κ3) is 6.24. The fourth-order valence-corrected chi connectivity index (χ4v) is 4.15. The Hall–Kier alpha value is -2.57. The summed E-state index contributed by atoms with van der Waals surface area (Å²) in [7, 11) is 1.66. The first-order valence-electron chi connectivity index (χ1n) is 11.1. The Morgan fingerprint density at radius 2 is 1.78 bits per heavy atom. The van der Waals surface area contributed by atoms with E-state index >= 15 is 0 Å². The van der Waals surface area contributed by atoms with Gasteiger partial charge in [0, 0.05) is 17.1 Å². The summed E-state index contributed by atoms with van der Waals surface area (Å²) in [5, 5.41) is 6.52. The molecule has 2 N–H and O–H groups in total. The Morgan fingerprint density at radius 1 is 1.09 bits per heavy atom. The van der Waals surface area contributed by atoms with E-state index in [4.69, 9.17) is 16.3 Å². The molecule has 6 nitrogen and oxygen atoms in total. The number of hydrogen-bond acceptors (Lipinski definition) is 4. The van der Waals surface area contributed by atoms with Crippen LogP contribution in [-0.2, 0) is 4.79 Å². The van der Waals surface area contributed by atoms with E-state index in [0.717, 1.165) is 37.2 Å². The lowest BCUT2D eigenvalue weighted by Gasteiger charge is -2.30. The van der Waals surface area contributed by atoms with Gasteiger partial charge in [0.05, 0.1) is 13.2 Å². The predicted octanol–water partition coefficient (Wildman–Crippen LogP) is 4.06. The SMILES string of the molecule is COc1cccc([C@H](CNC(=O)[C@@H](NC(=O)c2ccc(Cl)cc2)C(C)C)N2CCCC2)c1. The van der Waals surface area contributed by atoms with Gasteiger partial charge < -0.3 is 15.4 Å². The van der Waals surface area contributed by atoms with E-state index in [-0.39, 0.29) is 23.8 Å². The zero-order valence-electron chi connectivity index (χ0n) is 18.9. The van der Waals surface area contributed by atoms with Crippen molar-refractivity contribution in [3.05, 3.63) is 64.7 Å². The highest BCUT2D eigenvalue weighted by Gasteiger charge is 2.28. The van der Waals surface area contributed by atoms with Crippen LogP contribution in [0.4, 0.5) is 0 Å². The Morgan fingerprint density at radius 3 is 2.41 bits per heavy atom. The molecule has 1 heterocycles. The van der Waals surface area contributed by atoms with Crippen molar-refractivity contribution in [2.45, 2.75) is 38.8 Å². The fraction of sp³-hybridized carbons (Fsp3) is 0.440. The van der Waals surface area contributed by atoms with Crippen LogP contribution in [0.2, 0.25) is 5.02 Å². The second-order valence-corrected chi connectivity index (χ2v) is 8.92. The normalized spacial score (nSPS) is 15.9. The molecule has 0 aromatic heterocycles. The van der Waals surface area contributed by atoms with Crippen LogP contribution in [0.25, 0.3) is 0 Å². The molecular formula is C25H32ClN3O3. The van der Waals surface area contributed by atoms with Crippen molar-refractivity contribution in [2.24, 2.45) is 5.92 Å². The van der Waals surface area contributed by atoms with Gasteiger partial charge in [0.15, 0.2) is 0 Å². The average Bonchev–Trinajstić information content (AvgIpc) is 3.32. The van der Waals surface area contributed by atoms with Crippen LogP contribution in [0.3, 0.4) is 0 Å². The van der Waals surface area contributed by atoms with Gasteiger partial charge in [-0.15, -0.1) is 0 Å². The van der Waals surface area contributed by atoms with Crippen LogP contribution in [0.1, 0.15) is 48.7 Å².